The molecule has 134 valence electrons. The number of carbonyl (C=O) groups is 1. The van der Waals surface area contributed by atoms with E-state index in [0.717, 1.165) is 12.8 Å². The number of amides is 1. The minimum Gasteiger partial charge on any atom is -0.336 e. The van der Waals surface area contributed by atoms with E-state index in [-0.39, 0.29) is 11.7 Å². The van der Waals surface area contributed by atoms with E-state index in [2.05, 4.69) is 15.1 Å². The van der Waals surface area contributed by atoms with Gasteiger partial charge in [0.2, 0.25) is 0 Å². The van der Waals surface area contributed by atoms with Gasteiger partial charge in [-0.3, -0.25) is 4.79 Å². The maximum absolute atomic E-state index is 13.1. The Labute approximate surface area is 153 Å². The molecule has 0 N–H and O–H groups in total. The van der Waals surface area contributed by atoms with E-state index < -0.39 is 5.41 Å². The van der Waals surface area contributed by atoms with Crippen LogP contribution < -0.4 is 0 Å². The Balaban J connectivity index is 1.56. The molecule has 1 aromatic carbocycles. The molecule has 26 heavy (non-hydrogen) atoms. The van der Waals surface area contributed by atoms with Crippen molar-refractivity contribution in [2.75, 3.05) is 13.1 Å². The molecule has 8 heteroatoms. The number of piperidine rings is 1. The van der Waals surface area contributed by atoms with Crippen molar-refractivity contribution in [3.8, 4) is 11.5 Å². The fourth-order valence-electron chi connectivity index (χ4n) is 3.25. The summed E-state index contributed by atoms with van der Waals surface area (Å²) in [5, 5.41) is 5.89. The number of carbonyl (C=O) groups excluding carboxylic acids is 1. The summed E-state index contributed by atoms with van der Waals surface area (Å²) in [6.07, 6.45) is 1.71. The van der Waals surface area contributed by atoms with Gasteiger partial charge >= 0.3 is 0 Å². The van der Waals surface area contributed by atoms with Crippen molar-refractivity contribution >= 4 is 17.2 Å². The third-order valence-corrected chi connectivity index (χ3v) is 5.28. The molecule has 4 rings (SSSR count). The van der Waals surface area contributed by atoms with Crippen molar-refractivity contribution in [2.24, 2.45) is 0 Å². The van der Waals surface area contributed by atoms with Crippen LogP contribution in [-0.4, -0.2) is 39.0 Å². The molecule has 0 spiro atoms. The van der Waals surface area contributed by atoms with E-state index >= 15 is 0 Å². The van der Waals surface area contributed by atoms with E-state index in [0.29, 0.717) is 36.1 Å². The molecule has 1 atom stereocenters. The first-order valence-electron chi connectivity index (χ1n) is 8.33. The van der Waals surface area contributed by atoms with E-state index in [4.69, 9.17) is 4.52 Å². The normalized spacial score (nSPS) is 20.3. The number of hydrogen-bond donors (Lipinski definition) is 0. The van der Waals surface area contributed by atoms with E-state index in [1.165, 1.54) is 23.5 Å². The maximum Gasteiger partial charge on any atom is 0.273 e. The Bertz CT molecular complexity index is 910. The predicted molar refractivity (Wildman–Crippen MR) is 94.3 cm³/mol. The predicted octanol–water partition coefficient (Wildman–Crippen LogP) is 3.53. The molecule has 1 saturated heterocycles. The average Bonchev–Trinajstić information content (AvgIpc) is 3.34. The summed E-state index contributed by atoms with van der Waals surface area (Å²) >= 11 is 1.41. The van der Waals surface area contributed by atoms with Gasteiger partial charge in [-0.2, -0.15) is 4.98 Å². The molecule has 1 aliphatic heterocycles. The van der Waals surface area contributed by atoms with E-state index in [1.807, 2.05) is 6.92 Å². The molecule has 1 aliphatic rings. The lowest BCUT2D eigenvalue weighted by Crippen LogP contribution is -2.47. The summed E-state index contributed by atoms with van der Waals surface area (Å²) in [6, 6.07) is 5.92. The number of likely N-dealkylation sites (tertiary alicyclic amines) is 1. The van der Waals surface area contributed by atoms with Gasteiger partial charge in [0.05, 0.1) is 5.51 Å². The van der Waals surface area contributed by atoms with Crippen molar-refractivity contribution in [1.29, 1.82) is 0 Å². The smallest absolute Gasteiger partial charge is 0.273 e. The van der Waals surface area contributed by atoms with Crippen LogP contribution in [0.1, 0.15) is 36.1 Å². The lowest BCUT2D eigenvalue weighted by atomic mass is 9.81. The van der Waals surface area contributed by atoms with Crippen LogP contribution in [0.15, 0.2) is 39.7 Å². The highest BCUT2D eigenvalue weighted by Crippen LogP contribution is 2.33. The zero-order valence-electron chi connectivity index (χ0n) is 14.2. The molecule has 1 fully saturated rings. The molecule has 0 radical (unpaired) electrons. The Kier molecular flexibility index (Phi) is 4.28. The van der Waals surface area contributed by atoms with Gasteiger partial charge < -0.3 is 9.42 Å². The second-order valence-corrected chi connectivity index (χ2v) is 7.41. The highest BCUT2D eigenvalue weighted by molar-refractivity contribution is 7.07. The second-order valence-electron chi connectivity index (χ2n) is 6.69. The summed E-state index contributed by atoms with van der Waals surface area (Å²) < 4.78 is 18.5. The molecule has 2 aromatic heterocycles. The minimum atomic E-state index is -0.397. The summed E-state index contributed by atoms with van der Waals surface area (Å²) in [5.41, 5.74) is 2.40. The first kappa shape index (κ1) is 16.8. The largest absolute Gasteiger partial charge is 0.336 e. The fourth-order valence-corrected chi connectivity index (χ4v) is 3.78. The quantitative estimate of drug-likeness (QED) is 0.703. The zero-order chi connectivity index (χ0) is 18.1. The van der Waals surface area contributed by atoms with Crippen molar-refractivity contribution in [1.82, 2.24) is 20.0 Å². The number of halogens is 1. The number of benzene rings is 1. The number of hydrogen-bond acceptors (Lipinski definition) is 6. The van der Waals surface area contributed by atoms with Crippen LogP contribution in [0.5, 0.6) is 0 Å². The lowest BCUT2D eigenvalue weighted by molar-refractivity contribution is 0.0637. The van der Waals surface area contributed by atoms with Gasteiger partial charge in [0.25, 0.3) is 11.8 Å². The van der Waals surface area contributed by atoms with Gasteiger partial charge in [0.1, 0.15) is 11.5 Å². The Morgan fingerprint density at radius 1 is 1.35 bits per heavy atom. The third kappa shape index (κ3) is 3.12. The summed E-state index contributed by atoms with van der Waals surface area (Å²) in [6.45, 7) is 3.23. The van der Waals surface area contributed by atoms with Crippen LogP contribution in [0.4, 0.5) is 4.39 Å². The van der Waals surface area contributed by atoms with Crippen molar-refractivity contribution < 1.29 is 13.7 Å². The van der Waals surface area contributed by atoms with Gasteiger partial charge in [-0.1, -0.05) is 12.1 Å². The number of nitrogens with zero attached hydrogens (tertiary/aromatic N) is 4. The van der Waals surface area contributed by atoms with Crippen molar-refractivity contribution in [3.05, 3.63) is 52.5 Å². The molecule has 6 nitrogen and oxygen atoms in total. The van der Waals surface area contributed by atoms with Crippen LogP contribution in [-0.2, 0) is 5.41 Å². The first-order valence-corrected chi connectivity index (χ1v) is 9.27. The minimum absolute atomic E-state index is 0.0700. The SMILES string of the molecule is CC1(c2noc(-c3ccc(F)cc3)n2)CCCN(C(=O)c2cscn2)C1. The van der Waals surface area contributed by atoms with E-state index in [1.54, 1.807) is 27.9 Å². The van der Waals surface area contributed by atoms with Gasteiger partial charge in [-0.25, -0.2) is 9.37 Å². The highest BCUT2D eigenvalue weighted by Gasteiger charge is 2.39. The molecule has 1 amide bonds. The molecule has 1 unspecified atom stereocenters. The molecule has 3 aromatic rings. The van der Waals surface area contributed by atoms with Gasteiger partial charge in [-0.05, 0) is 37.1 Å². The summed E-state index contributed by atoms with van der Waals surface area (Å²) in [7, 11) is 0. The van der Waals surface area contributed by atoms with Crippen LogP contribution in [0.25, 0.3) is 11.5 Å². The standard InChI is InChI=1S/C18H17FN4O2S/c1-18(7-2-8-23(10-18)16(24)14-9-26-11-20-14)17-21-15(25-22-17)12-3-5-13(19)6-4-12/h3-6,9,11H,2,7-8,10H2,1H3. The monoisotopic (exact) mass is 372 g/mol. The van der Waals surface area contributed by atoms with Gasteiger partial charge in [-0.15, -0.1) is 11.3 Å². The average molecular weight is 372 g/mol. The lowest BCUT2D eigenvalue weighted by Gasteiger charge is -2.38. The number of thiazole rings is 1. The van der Waals surface area contributed by atoms with Crippen molar-refractivity contribution in [2.45, 2.75) is 25.2 Å². The summed E-state index contributed by atoms with van der Waals surface area (Å²) in [4.78, 5) is 23.0. The maximum atomic E-state index is 13.1. The fraction of sp³-hybridized carbons (Fsp3) is 0.333. The molecule has 3 heterocycles. The summed E-state index contributed by atoms with van der Waals surface area (Å²) in [5.74, 6) is 0.528. The molecule has 0 bridgehead atoms. The molecule has 0 saturated carbocycles. The number of rotatable bonds is 3. The van der Waals surface area contributed by atoms with E-state index in [9.17, 15) is 9.18 Å². The second kappa shape index (κ2) is 6.60. The zero-order valence-corrected chi connectivity index (χ0v) is 15.0. The van der Waals surface area contributed by atoms with Crippen LogP contribution in [0, 0.1) is 5.82 Å². The first-order chi connectivity index (χ1) is 12.5. The van der Waals surface area contributed by atoms with Crippen LogP contribution >= 0.6 is 11.3 Å². The topological polar surface area (TPSA) is 72.1 Å². The third-order valence-electron chi connectivity index (χ3n) is 4.69. The number of aromatic nitrogens is 3. The molecular formula is C18H17FN4O2S. The van der Waals surface area contributed by atoms with Gasteiger partial charge in [0, 0.05) is 29.4 Å². The Morgan fingerprint density at radius 3 is 2.88 bits per heavy atom. The van der Waals surface area contributed by atoms with Crippen LogP contribution in [0.3, 0.4) is 0 Å². The van der Waals surface area contributed by atoms with Gasteiger partial charge in [0.15, 0.2) is 5.82 Å². The molecular weight excluding hydrogens is 355 g/mol. The Morgan fingerprint density at radius 2 is 2.15 bits per heavy atom. The van der Waals surface area contributed by atoms with Crippen molar-refractivity contribution in [3.63, 3.8) is 0 Å². The molecule has 0 aliphatic carbocycles. The highest BCUT2D eigenvalue weighted by atomic mass is 32.1. The Hall–Kier alpha value is -2.61. The van der Waals surface area contributed by atoms with Crippen LogP contribution in [0.2, 0.25) is 0 Å².